The highest BCUT2D eigenvalue weighted by molar-refractivity contribution is 6.31. The van der Waals surface area contributed by atoms with E-state index in [2.05, 4.69) is 10.3 Å². The van der Waals surface area contributed by atoms with E-state index in [4.69, 9.17) is 11.6 Å². The highest BCUT2D eigenvalue weighted by Gasteiger charge is 2.47. The highest BCUT2D eigenvalue weighted by Crippen LogP contribution is 2.40. The van der Waals surface area contributed by atoms with Crippen LogP contribution in [0.2, 0.25) is 5.02 Å². The molecule has 2 aromatic rings. The highest BCUT2D eigenvalue weighted by atomic mass is 35.5. The van der Waals surface area contributed by atoms with Crippen molar-refractivity contribution < 1.29 is 9.59 Å². The van der Waals surface area contributed by atoms with Gasteiger partial charge in [0, 0.05) is 41.6 Å². The normalized spacial score (nSPS) is 24.8. The van der Waals surface area contributed by atoms with Gasteiger partial charge in [-0.2, -0.15) is 0 Å². The number of nitrogens with one attached hydrogen (secondary N) is 1. The van der Waals surface area contributed by atoms with Crippen molar-refractivity contribution in [3.05, 3.63) is 53.6 Å². The van der Waals surface area contributed by atoms with Crippen molar-refractivity contribution in [1.82, 2.24) is 19.8 Å². The van der Waals surface area contributed by atoms with Crippen LogP contribution in [0.1, 0.15) is 49.4 Å². The Morgan fingerprint density at radius 3 is 2.90 bits per heavy atom. The van der Waals surface area contributed by atoms with E-state index in [9.17, 15) is 9.59 Å². The van der Waals surface area contributed by atoms with Crippen LogP contribution in [0.4, 0.5) is 0 Å². The maximum Gasteiger partial charge on any atom is 0.254 e. The number of amides is 2. The largest absolute Gasteiger partial charge is 0.350 e. The minimum atomic E-state index is -0.431. The number of carbonyl (C=O) groups excluding carboxylic acids is 2. The second-order valence-electron chi connectivity index (χ2n) is 8.26. The molecule has 4 atom stereocenters. The average molecular weight is 415 g/mol. The molecule has 1 aromatic heterocycles. The summed E-state index contributed by atoms with van der Waals surface area (Å²) in [5.41, 5.74) is 0.549. The lowest BCUT2D eigenvalue weighted by Gasteiger charge is -2.34. The SMILES string of the molecule is CC(Cn1ccnc1)NC(=O)C1CC2CCCCC2N1C(=O)c1cccc(Cl)c1. The summed E-state index contributed by atoms with van der Waals surface area (Å²) >= 11 is 6.11. The second-order valence-corrected chi connectivity index (χ2v) is 8.69. The van der Waals surface area contributed by atoms with Crippen molar-refractivity contribution in [3.8, 4) is 0 Å². The van der Waals surface area contributed by atoms with Gasteiger partial charge in [-0.05, 0) is 50.3 Å². The number of benzene rings is 1. The lowest BCUT2D eigenvalue weighted by atomic mass is 9.84. The van der Waals surface area contributed by atoms with Gasteiger partial charge in [0.1, 0.15) is 6.04 Å². The Morgan fingerprint density at radius 2 is 2.14 bits per heavy atom. The fourth-order valence-electron chi connectivity index (χ4n) is 4.85. The first-order valence-electron chi connectivity index (χ1n) is 10.4. The first kappa shape index (κ1) is 20.0. The summed E-state index contributed by atoms with van der Waals surface area (Å²) in [6.45, 7) is 2.62. The molecule has 2 aliphatic rings. The van der Waals surface area contributed by atoms with Gasteiger partial charge in [0.25, 0.3) is 5.91 Å². The zero-order valence-corrected chi connectivity index (χ0v) is 17.4. The molecule has 1 saturated heterocycles. The van der Waals surface area contributed by atoms with E-state index in [0.717, 1.165) is 25.7 Å². The molecule has 1 aliphatic heterocycles. The number of aromatic nitrogens is 2. The van der Waals surface area contributed by atoms with E-state index in [0.29, 0.717) is 23.0 Å². The molecule has 0 radical (unpaired) electrons. The summed E-state index contributed by atoms with van der Waals surface area (Å²) < 4.78 is 1.94. The van der Waals surface area contributed by atoms with Crippen LogP contribution in [-0.4, -0.2) is 44.4 Å². The molecule has 0 bridgehead atoms. The number of rotatable bonds is 5. The second kappa shape index (κ2) is 8.57. The quantitative estimate of drug-likeness (QED) is 0.814. The molecular formula is C22H27ClN4O2. The van der Waals surface area contributed by atoms with Crippen LogP contribution in [0.15, 0.2) is 43.0 Å². The first-order valence-corrected chi connectivity index (χ1v) is 10.7. The van der Waals surface area contributed by atoms with Crippen LogP contribution in [0.3, 0.4) is 0 Å². The molecule has 0 spiro atoms. The maximum atomic E-state index is 13.4. The molecule has 7 heteroatoms. The number of fused-ring (bicyclic) bond motifs is 1. The van der Waals surface area contributed by atoms with E-state index >= 15 is 0 Å². The fourth-order valence-corrected chi connectivity index (χ4v) is 5.04. The number of hydrogen-bond donors (Lipinski definition) is 1. The average Bonchev–Trinajstić information content (AvgIpc) is 3.34. The van der Waals surface area contributed by atoms with Gasteiger partial charge in [0.2, 0.25) is 5.91 Å². The van der Waals surface area contributed by atoms with Crippen LogP contribution >= 0.6 is 11.6 Å². The predicted octanol–water partition coefficient (Wildman–Crippen LogP) is 3.51. The third-order valence-electron chi connectivity index (χ3n) is 6.13. The molecule has 4 rings (SSSR count). The number of carbonyl (C=O) groups is 2. The van der Waals surface area contributed by atoms with E-state index < -0.39 is 6.04 Å². The van der Waals surface area contributed by atoms with Crippen LogP contribution < -0.4 is 5.32 Å². The minimum absolute atomic E-state index is 0.0533. The van der Waals surface area contributed by atoms with Crippen molar-refractivity contribution in [2.24, 2.45) is 5.92 Å². The van der Waals surface area contributed by atoms with Gasteiger partial charge < -0.3 is 14.8 Å². The van der Waals surface area contributed by atoms with Crippen molar-refractivity contribution in [2.45, 2.75) is 63.7 Å². The number of nitrogens with zero attached hydrogens (tertiary/aromatic N) is 3. The molecule has 2 fully saturated rings. The van der Waals surface area contributed by atoms with Crippen LogP contribution in [0.5, 0.6) is 0 Å². The zero-order valence-electron chi connectivity index (χ0n) is 16.6. The Kier molecular flexibility index (Phi) is 5.90. The molecule has 2 heterocycles. The van der Waals surface area contributed by atoms with Crippen LogP contribution in [0.25, 0.3) is 0 Å². The summed E-state index contributed by atoms with van der Waals surface area (Å²) in [6.07, 6.45) is 10.4. The molecule has 6 nitrogen and oxygen atoms in total. The monoisotopic (exact) mass is 414 g/mol. The number of halogens is 1. The lowest BCUT2D eigenvalue weighted by Crippen LogP contribution is -2.51. The van der Waals surface area contributed by atoms with Crippen LogP contribution in [-0.2, 0) is 11.3 Å². The van der Waals surface area contributed by atoms with Gasteiger partial charge >= 0.3 is 0 Å². The zero-order chi connectivity index (χ0) is 20.4. The van der Waals surface area contributed by atoms with E-state index in [1.807, 2.05) is 22.6 Å². The van der Waals surface area contributed by atoms with Gasteiger partial charge in [-0.15, -0.1) is 0 Å². The molecule has 1 aromatic carbocycles. The van der Waals surface area contributed by atoms with E-state index in [1.165, 1.54) is 6.42 Å². The van der Waals surface area contributed by atoms with E-state index in [-0.39, 0.29) is 23.9 Å². The molecule has 1 N–H and O–H groups in total. The third kappa shape index (κ3) is 4.32. The van der Waals surface area contributed by atoms with Gasteiger partial charge in [-0.25, -0.2) is 4.98 Å². The summed E-state index contributed by atoms with van der Waals surface area (Å²) in [4.78, 5) is 32.5. The molecule has 154 valence electrons. The number of likely N-dealkylation sites (tertiary alicyclic amines) is 1. The Balaban J connectivity index is 1.53. The predicted molar refractivity (Wildman–Crippen MR) is 112 cm³/mol. The van der Waals surface area contributed by atoms with Crippen molar-refractivity contribution in [1.29, 1.82) is 0 Å². The molecule has 1 saturated carbocycles. The summed E-state index contributed by atoms with van der Waals surface area (Å²) in [5.74, 6) is 0.235. The Bertz CT molecular complexity index is 869. The minimum Gasteiger partial charge on any atom is -0.350 e. The summed E-state index contributed by atoms with van der Waals surface area (Å²) in [5, 5.41) is 3.64. The van der Waals surface area contributed by atoms with Crippen molar-refractivity contribution in [3.63, 3.8) is 0 Å². The Labute approximate surface area is 176 Å². The van der Waals surface area contributed by atoms with Gasteiger partial charge in [0.15, 0.2) is 0 Å². The van der Waals surface area contributed by atoms with Crippen LogP contribution in [0, 0.1) is 5.92 Å². The Hall–Kier alpha value is -2.34. The molecule has 29 heavy (non-hydrogen) atoms. The van der Waals surface area contributed by atoms with Crippen molar-refractivity contribution in [2.75, 3.05) is 0 Å². The first-order chi connectivity index (χ1) is 14.0. The van der Waals surface area contributed by atoms with Gasteiger partial charge in [0.05, 0.1) is 6.33 Å². The topological polar surface area (TPSA) is 67.2 Å². The number of imidazole rings is 1. The Morgan fingerprint density at radius 1 is 1.31 bits per heavy atom. The molecular weight excluding hydrogens is 388 g/mol. The van der Waals surface area contributed by atoms with Crippen molar-refractivity contribution >= 4 is 23.4 Å². The molecule has 1 aliphatic carbocycles. The smallest absolute Gasteiger partial charge is 0.254 e. The third-order valence-corrected chi connectivity index (χ3v) is 6.36. The van der Waals surface area contributed by atoms with E-state index in [1.54, 1.807) is 36.8 Å². The van der Waals surface area contributed by atoms with Gasteiger partial charge in [-0.1, -0.05) is 30.5 Å². The lowest BCUT2D eigenvalue weighted by molar-refractivity contribution is -0.125. The fraction of sp³-hybridized carbons (Fsp3) is 0.500. The summed E-state index contributed by atoms with van der Waals surface area (Å²) in [6, 6.07) is 6.66. The number of hydrogen-bond acceptors (Lipinski definition) is 3. The summed E-state index contributed by atoms with van der Waals surface area (Å²) in [7, 11) is 0. The standard InChI is InChI=1S/C22H27ClN4O2/c1-15(13-26-10-9-24-14-26)25-21(28)20-12-16-5-2-3-8-19(16)27(20)22(29)17-6-4-7-18(23)11-17/h4,6-7,9-11,14-16,19-20H,2-3,5,8,12-13H2,1H3,(H,25,28). The maximum absolute atomic E-state index is 13.4. The van der Waals surface area contributed by atoms with Gasteiger partial charge in [-0.3, -0.25) is 9.59 Å². The molecule has 2 amide bonds. The molecule has 4 unspecified atom stereocenters.